The summed E-state index contributed by atoms with van der Waals surface area (Å²) < 4.78 is 5.75. The first-order valence-corrected chi connectivity index (χ1v) is 9.79. The summed E-state index contributed by atoms with van der Waals surface area (Å²) >= 11 is 5.88. The summed E-state index contributed by atoms with van der Waals surface area (Å²) in [4.78, 5) is 14.5. The number of halogens is 1. The standard InChI is InChI=1S/C22H22ClN3O2/c23-18-6-8-20(9-7-18)28-15-19-13-21(25-24-19)17-10-11-26(14-17)22(27)12-16-4-2-1-3-5-16/h1-9,13,17H,10-12,14-15H2,(H,24,25). The Morgan fingerprint density at radius 1 is 1.18 bits per heavy atom. The van der Waals surface area contributed by atoms with Crippen LogP contribution in [0.15, 0.2) is 60.7 Å². The van der Waals surface area contributed by atoms with Crippen LogP contribution in [0.5, 0.6) is 5.75 Å². The van der Waals surface area contributed by atoms with Crippen molar-refractivity contribution in [3.63, 3.8) is 0 Å². The van der Waals surface area contributed by atoms with Crippen LogP contribution in [0.25, 0.3) is 0 Å². The molecule has 28 heavy (non-hydrogen) atoms. The van der Waals surface area contributed by atoms with Gasteiger partial charge in [-0.25, -0.2) is 0 Å². The fourth-order valence-electron chi connectivity index (χ4n) is 3.46. The van der Waals surface area contributed by atoms with Gasteiger partial charge in [0.05, 0.1) is 17.8 Å². The first-order valence-electron chi connectivity index (χ1n) is 9.41. The third-order valence-corrected chi connectivity index (χ3v) is 5.27. The quantitative estimate of drug-likeness (QED) is 0.680. The second-order valence-corrected chi connectivity index (χ2v) is 7.48. The molecule has 144 valence electrons. The van der Waals surface area contributed by atoms with E-state index in [2.05, 4.69) is 10.2 Å². The fourth-order valence-corrected chi connectivity index (χ4v) is 3.59. The number of amides is 1. The number of aromatic amines is 1. The number of carbonyl (C=O) groups is 1. The van der Waals surface area contributed by atoms with Crippen molar-refractivity contribution in [2.45, 2.75) is 25.4 Å². The number of benzene rings is 2. The van der Waals surface area contributed by atoms with Crippen molar-refractivity contribution in [1.82, 2.24) is 15.1 Å². The summed E-state index contributed by atoms with van der Waals surface area (Å²) in [5.41, 5.74) is 2.96. The second-order valence-electron chi connectivity index (χ2n) is 7.05. The van der Waals surface area contributed by atoms with Crippen LogP contribution in [0.3, 0.4) is 0 Å². The highest BCUT2D eigenvalue weighted by Gasteiger charge is 2.28. The Labute approximate surface area is 169 Å². The average Bonchev–Trinajstić information content (AvgIpc) is 3.38. The minimum Gasteiger partial charge on any atom is -0.487 e. The summed E-state index contributed by atoms with van der Waals surface area (Å²) in [6.07, 6.45) is 1.39. The number of rotatable bonds is 6. The Bertz CT molecular complexity index is 924. The van der Waals surface area contributed by atoms with E-state index in [9.17, 15) is 4.79 Å². The molecule has 5 nitrogen and oxygen atoms in total. The minimum absolute atomic E-state index is 0.176. The van der Waals surface area contributed by atoms with E-state index < -0.39 is 0 Å². The van der Waals surface area contributed by atoms with Gasteiger partial charge in [-0.15, -0.1) is 0 Å². The van der Waals surface area contributed by atoms with Crippen LogP contribution in [0.1, 0.15) is 29.3 Å². The Morgan fingerprint density at radius 3 is 2.75 bits per heavy atom. The van der Waals surface area contributed by atoms with Crippen LogP contribution in [0.2, 0.25) is 5.02 Å². The van der Waals surface area contributed by atoms with Gasteiger partial charge in [0.25, 0.3) is 0 Å². The molecular weight excluding hydrogens is 374 g/mol. The molecule has 1 aromatic heterocycles. The van der Waals surface area contributed by atoms with Crippen molar-refractivity contribution in [1.29, 1.82) is 0 Å². The summed E-state index contributed by atoms with van der Waals surface area (Å²) in [6, 6.07) is 19.2. The van der Waals surface area contributed by atoms with Gasteiger partial charge >= 0.3 is 0 Å². The van der Waals surface area contributed by atoms with Gasteiger partial charge in [0, 0.05) is 24.0 Å². The first kappa shape index (κ1) is 18.6. The smallest absolute Gasteiger partial charge is 0.227 e. The molecule has 0 aliphatic carbocycles. The van der Waals surface area contributed by atoms with Crippen molar-refractivity contribution < 1.29 is 9.53 Å². The highest BCUT2D eigenvalue weighted by molar-refractivity contribution is 6.30. The van der Waals surface area contributed by atoms with Gasteiger partial charge in [-0.1, -0.05) is 41.9 Å². The lowest BCUT2D eigenvalue weighted by atomic mass is 10.1. The van der Waals surface area contributed by atoms with Crippen LogP contribution in [-0.4, -0.2) is 34.1 Å². The number of likely N-dealkylation sites (tertiary alicyclic amines) is 1. The predicted octanol–water partition coefficient (Wildman–Crippen LogP) is 4.20. The predicted molar refractivity (Wildman–Crippen MR) is 108 cm³/mol. The van der Waals surface area contributed by atoms with E-state index in [1.807, 2.05) is 53.4 Å². The van der Waals surface area contributed by atoms with E-state index in [0.717, 1.165) is 35.7 Å². The van der Waals surface area contributed by atoms with E-state index in [1.165, 1.54) is 0 Å². The molecule has 0 saturated carbocycles. The van der Waals surface area contributed by atoms with Crippen LogP contribution >= 0.6 is 11.6 Å². The van der Waals surface area contributed by atoms with Gasteiger partial charge in [-0.2, -0.15) is 5.10 Å². The van der Waals surface area contributed by atoms with Crippen LogP contribution in [0.4, 0.5) is 0 Å². The third-order valence-electron chi connectivity index (χ3n) is 5.02. The Kier molecular flexibility index (Phi) is 5.63. The van der Waals surface area contributed by atoms with Gasteiger partial charge in [-0.05, 0) is 42.3 Å². The van der Waals surface area contributed by atoms with E-state index in [4.69, 9.17) is 16.3 Å². The lowest BCUT2D eigenvalue weighted by Gasteiger charge is -2.16. The molecule has 3 aromatic rings. The van der Waals surface area contributed by atoms with Crippen LogP contribution in [0, 0.1) is 0 Å². The lowest BCUT2D eigenvalue weighted by molar-refractivity contribution is -0.129. The van der Waals surface area contributed by atoms with Gasteiger partial charge in [0.15, 0.2) is 0 Å². The van der Waals surface area contributed by atoms with Gasteiger partial charge in [0.2, 0.25) is 5.91 Å². The molecule has 1 aliphatic heterocycles. The molecule has 1 aliphatic rings. The zero-order chi connectivity index (χ0) is 19.3. The lowest BCUT2D eigenvalue weighted by Crippen LogP contribution is -2.29. The maximum atomic E-state index is 12.5. The highest BCUT2D eigenvalue weighted by Crippen LogP contribution is 2.27. The van der Waals surface area contributed by atoms with Gasteiger partial charge in [-0.3, -0.25) is 9.89 Å². The Morgan fingerprint density at radius 2 is 1.96 bits per heavy atom. The van der Waals surface area contributed by atoms with Gasteiger partial charge in [0.1, 0.15) is 12.4 Å². The van der Waals surface area contributed by atoms with E-state index >= 15 is 0 Å². The number of carbonyl (C=O) groups excluding carboxylic acids is 1. The largest absolute Gasteiger partial charge is 0.487 e. The van der Waals surface area contributed by atoms with E-state index in [0.29, 0.717) is 24.6 Å². The molecule has 0 radical (unpaired) electrons. The molecular formula is C22H22ClN3O2. The minimum atomic E-state index is 0.176. The molecule has 4 rings (SSSR count). The zero-order valence-electron chi connectivity index (χ0n) is 15.5. The molecule has 1 N–H and O–H groups in total. The summed E-state index contributed by atoms with van der Waals surface area (Å²) in [5, 5.41) is 8.17. The number of nitrogens with zero attached hydrogens (tertiary/aromatic N) is 2. The van der Waals surface area contributed by atoms with Crippen molar-refractivity contribution in [3.8, 4) is 5.75 Å². The normalized spacial score (nSPS) is 16.3. The van der Waals surface area contributed by atoms with Crippen LogP contribution in [-0.2, 0) is 17.8 Å². The van der Waals surface area contributed by atoms with E-state index in [-0.39, 0.29) is 11.8 Å². The summed E-state index contributed by atoms with van der Waals surface area (Å²) in [7, 11) is 0. The molecule has 1 saturated heterocycles. The molecule has 2 aromatic carbocycles. The molecule has 1 unspecified atom stereocenters. The summed E-state index contributed by atoms with van der Waals surface area (Å²) in [5.74, 6) is 1.20. The molecule has 1 fully saturated rings. The number of hydrogen-bond donors (Lipinski definition) is 1. The number of ether oxygens (including phenoxy) is 1. The van der Waals surface area contributed by atoms with E-state index in [1.54, 1.807) is 12.1 Å². The van der Waals surface area contributed by atoms with Crippen molar-refractivity contribution in [2.75, 3.05) is 13.1 Å². The second kappa shape index (κ2) is 8.48. The molecule has 2 heterocycles. The van der Waals surface area contributed by atoms with Crippen molar-refractivity contribution in [2.24, 2.45) is 0 Å². The Hall–Kier alpha value is -2.79. The zero-order valence-corrected chi connectivity index (χ0v) is 16.2. The first-order chi connectivity index (χ1) is 13.7. The highest BCUT2D eigenvalue weighted by atomic mass is 35.5. The third kappa shape index (κ3) is 4.54. The summed E-state index contributed by atoms with van der Waals surface area (Å²) in [6.45, 7) is 1.91. The fraction of sp³-hybridized carbons (Fsp3) is 0.273. The topological polar surface area (TPSA) is 58.2 Å². The number of H-pyrrole nitrogens is 1. The molecule has 0 bridgehead atoms. The average molecular weight is 396 g/mol. The van der Waals surface area contributed by atoms with Crippen molar-refractivity contribution in [3.05, 3.63) is 82.6 Å². The molecule has 6 heteroatoms. The van der Waals surface area contributed by atoms with Crippen LogP contribution < -0.4 is 4.74 Å². The van der Waals surface area contributed by atoms with Crippen molar-refractivity contribution >= 4 is 17.5 Å². The maximum Gasteiger partial charge on any atom is 0.227 e. The molecule has 1 atom stereocenters. The van der Waals surface area contributed by atoms with Gasteiger partial charge < -0.3 is 9.64 Å². The monoisotopic (exact) mass is 395 g/mol. The number of aromatic nitrogens is 2. The maximum absolute atomic E-state index is 12.5. The SMILES string of the molecule is O=C(Cc1ccccc1)N1CCC(c2cc(COc3ccc(Cl)cc3)[nH]n2)C1. The molecule has 1 amide bonds. The Balaban J connectivity index is 1.30. The number of hydrogen-bond acceptors (Lipinski definition) is 3. The molecule has 0 spiro atoms. The number of nitrogens with one attached hydrogen (secondary N) is 1.